The van der Waals surface area contributed by atoms with Gasteiger partial charge in [0, 0.05) is 12.3 Å². The summed E-state index contributed by atoms with van der Waals surface area (Å²) in [6.45, 7) is 8.03. The quantitative estimate of drug-likeness (QED) is 0.802. The van der Waals surface area contributed by atoms with Gasteiger partial charge in [-0.05, 0) is 25.0 Å². The maximum absolute atomic E-state index is 12.4. The summed E-state index contributed by atoms with van der Waals surface area (Å²) in [4.78, 5) is 26.4. The topological polar surface area (TPSA) is 37.4 Å². The van der Waals surface area contributed by atoms with Crippen molar-refractivity contribution in [3.8, 4) is 0 Å². The van der Waals surface area contributed by atoms with Gasteiger partial charge in [-0.15, -0.1) is 11.8 Å². The van der Waals surface area contributed by atoms with Gasteiger partial charge in [0.05, 0.1) is 10.5 Å². The molecule has 0 radical (unpaired) electrons. The zero-order valence-electron chi connectivity index (χ0n) is 12.5. The highest BCUT2D eigenvalue weighted by atomic mass is 32.2. The number of hydrogen-bond donors (Lipinski definition) is 0. The second-order valence-electron chi connectivity index (χ2n) is 5.36. The first-order chi connectivity index (χ1) is 9.32. The van der Waals surface area contributed by atoms with Crippen LogP contribution < -0.4 is 0 Å². The van der Waals surface area contributed by atoms with E-state index >= 15 is 0 Å². The molecule has 1 aromatic rings. The lowest BCUT2D eigenvalue weighted by Crippen LogP contribution is -2.26. The van der Waals surface area contributed by atoms with E-state index in [4.69, 9.17) is 0 Å². The summed E-state index contributed by atoms with van der Waals surface area (Å²) in [5, 5.41) is 0.258. The number of nitrogens with zero attached hydrogens (tertiary/aromatic N) is 1. The van der Waals surface area contributed by atoms with Crippen LogP contribution in [0.3, 0.4) is 0 Å². The van der Waals surface area contributed by atoms with Crippen LogP contribution in [0.4, 0.5) is 0 Å². The maximum atomic E-state index is 12.4. The van der Waals surface area contributed by atoms with Crippen LogP contribution in [0.5, 0.6) is 0 Å². The second kappa shape index (κ2) is 5.44. The Labute approximate surface area is 124 Å². The van der Waals surface area contributed by atoms with Crippen LogP contribution in [-0.4, -0.2) is 29.0 Å². The van der Waals surface area contributed by atoms with Gasteiger partial charge in [-0.1, -0.05) is 37.6 Å². The minimum absolute atomic E-state index is 0.191. The first kappa shape index (κ1) is 14.9. The van der Waals surface area contributed by atoms with E-state index in [1.165, 1.54) is 16.7 Å². The van der Waals surface area contributed by atoms with Gasteiger partial charge in [0.15, 0.2) is 0 Å². The number of aryl methyl sites for hydroxylation is 2. The van der Waals surface area contributed by atoms with Gasteiger partial charge < -0.3 is 0 Å². The zero-order valence-corrected chi connectivity index (χ0v) is 13.3. The van der Waals surface area contributed by atoms with Gasteiger partial charge in [-0.25, -0.2) is 0 Å². The van der Waals surface area contributed by atoms with E-state index in [2.05, 4.69) is 0 Å². The molecule has 3 nitrogen and oxygen atoms in total. The Balaban J connectivity index is 2.61. The lowest BCUT2D eigenvalue weighted by atomic mass is 9.99. The molecule has 0 N–H and O–H groups in total. The third kappa shape index (κ3) is 2.52. The Morgan fingerprint density at radius 2 is 1.75 bits per heavy atom. The first-order valence-corrected chi connectivity index (χ1v) is 7.51. The number of carbonyl (C=O) groups is 2. The van der Waals surface area contributed by atoms with Crippen molar-refractivity contribution in [3.05, 3.63) is 39.8 Å². The summed E-state index contributed by atoms with van der Waals surface area (Å²) in [5.41, 5.74) is 3.59. The molecule has 4 heteroatoms. The van der Waals surface area contributed by atoms with E-state index in [9.17, 15) is 9.59 Å². The minimum atomic E-state index is -0.204. The van der Waals surface area contributed by atoms with Gasteiger partial charge in [-0.2, -0.15) is 0 Å². The van der Waals surface area contributed by atoms with Crippen molar-refractivity contribution in [1.29, 1.82) is 0 Å². The Hall–Kier alpha value is -1.55. The van der Waals surface area contributed by atoms with E-state index in [-0.39, 0.29) is 17.1 Å². The second-order valence-corrected chi connectivity index (χ2v) is 6.95. The molecule has 0 unspecified atom stereocenters. The summed E-state index contributed by atoms with van der Waals surface area (Å²) in [7, 11) is 1.54. The van der Waals surface area contributed by atoms with Gasteiger partial charge in [-0.3, -0.25) is 14.5 Å². The molecule has 2 amide bonds. The van der Waals surface area contributed by atoms with E-state index < -0.39 is 0 Å². The van der Waals surface area contributed by atoms with Gasteiger partial charge >= 0.3 is 0 Å². The maximum Gasteiger partial charge on any atom is 0.267 e. The summed E-state index contributed by atoms with van der Waals surface area (Å²) in [6.07, 6.45) is 0. The number of thioether (sulfide) groups is 1. The van der Waals surface area contributed by atoms with Crippen molar-refractivity contribution >= 4 is 29.1 Å². The third-order valence-electron chi connectivity index (χ3n) is 3.25. The van der Waals surface area contributed by atoms with Crippen LogP contribution in [0, 0.1) is 13.8 Å². The van der Waals surface area contributed by atoms with Crippen LogP contribution in [0.15, 0.2) is 23.1 Å². The van der Waals surface area contributed by atoms with E-state index in [1.807, 2.05) is 45.9 Å². The predicted molar refractivity (Wildman–Crippen MR) is 83.3 cm³/mol. The van der Waals surface area contributed by atoms with Gasteiger partial charge in [0.1, 0.15) is 0 Å². The van der Waals surface area contributed by atoms with Gasteiger partial charge in [0.2, 0.25) is 0 Å². The smallest absolute Gasteiger partial charge is 0.267 e. The molecule has 1 aliphatic heterocycles. The molecule has 0 spiro atoms. The van der Waals surface area contributed by atoms with Crippen molar-refractivity contribution in [2.75, 3.05) is 7.05 Å². The van der Waals surface area contributed by atoms with Gasteiger partial charge in [0.25, 0.3) is 11.8 Å². The van der Waals surface area contributed by atoms with E-state index in [1.54, 1.807) is 7.05 Å². The highest BCUT2D eigenvalue weighted by Gasteiger charge is 2.37. The summed E-state index contributed by atoms with van der Waals surface area (Å²) < 4.78 is 0. The molecule has 0 atom stereocenters. The first-order valence-electron chi connectivity index (χ1n) is 6.64. The van der Waals surface area contributed by atoms with Crippen molar-refractivity contribution in [2.24, 2.45) is 0 Å². The van der Waals surface area contributed by atoms with Crippen molar-refractivity contribution < 1.29 is 9.59 Å². The number of carbonyl (C=O) groups excluding carboxylic acids is 2. The minimum Gasteiger partial charge on any atom is -0.277 e. The Kier molecular flexibility index (Phi) is 4.04. The van der Waals surface area contributed by atoms with Crippen LogP contribution in [0.2, 0.25) is 0 Å². The molecule has 106 valence electrons. The number of rotatable bonds is 3. The monoisotopic (exact) mass is 289 g/mol. The fourth-order valence-corrected chi connectivity index (χ4v) is 3.32. The molecular formula is C16H19NO2S. The highest BCUT2D eigenvalue weighted by molar-refractivity contribution is 8.04. The zero-order chi connectivity index (χ0) is 15.0. The number of likely N-dealkylation sites (N-methyl/N-ethyl adjacent to an activating group) is 1. The number of amides is 2. The molecule has 0 bridgehead atoms. The largest absolute Gasteiger partial charge is 0.277 e. The molecule has 0 aromatic heterocycles. The lowest BCUT2D eigenvalue weighted by molar-refractivity contribution is -0.134. The number of benzene rings is 1. The average Bonchev–Trinajstić information content (AvgIpc) is 2.55. The predicted octanol–water partition coefficient (Wildman–Crippen LogP) is 3.15. The third-order valence-corrected chi connectivity index (χ3v) is 4.34. The number of imide groups is 1. The van der Waals surface area contributed by atoms with Crippen molar-refractivity contribution in [1.82, 2.24) is 4.90 Å². The van der Waals surface area contributed by atoms with E-state index in [0.29, 0.717) is 10.5 Å². The van der Waals surface area contributed by atoms with E-state index in [0.717, 1.165) is 16.7 Å². The lowest BCUT2D eigenvalue weighted by Gasteiger charge is -2.09. The molecule has 0 fully saturated rings. The van der Waals surface area contributed by atoms with Crippen LogP contribution in [0.1, 0.15) is 30.5 Å². The van der Waals surface area contributed by atoms with Crippen LogP contribution >= 0.6 is 11.8 Å². The summed E-state index contributed by atoms with van der Waals surface area (Å²) in [5.74, 6) is -0.395. The fourth-order valence-electron chi connectivity index (χ4n) is 2.29. The Morgan fingerprint density at radius 1 is 1.10 bits per heavy atom. The Bertz CT molecular complexity index is 617. The Morgan fingerprint density at radius 3 is 2.30 bits per heavy atom. The molecule has 1 aromatic carbocycles. The number of hydrogen-bond acceptors (Lipinski definition) is 3. The van der Waals surface area contributed by atoms with Crippen LogP contribution in [-0.2, 0) is 9.59 Å². The molecule has 0 aliphatic carbocycles. The van der Waals surface area contributed by atoms with Crippen molar-refractivity contribution in [2.45, 2.75) is 32.9 Å². The van der Waals surface area contributed by atoms with Crippen LogP contribution in [0.25, 0.3) is 5.57 Å². The normalized spacial score (nSPS) is 15.8. The molecule has 20 heavy (non-hydrogen) atoms. The average molecular weight is 289 g/mol. The fraction of sp³-hybridized carbons (Fsp3) is 0.375. The molecule has 0 saturated heterocycles. The highest BCUT2D eigenvalue weighted by Crippen LogP contribution is 2.38. The summed E-state index contributed by atoms with van der Waals surface area (Å²) >= 11 is 1.46. The van der Waals surface area contributed by atoms with Crippen molar-refractivity contribution in [3.63, 3.8) is 0 Å². The standard InChI is InChI=1S/C16H19NO2S/c1-9(2)20-14-13(15(18)17(5)16(14)19)12-7-6-10(3)8-11(12)4/h6-9H,1-5H3. The molecular weight excluding hydrogens is 270 g/mol. The molecule has 2 rings (SSSR count). The molecule has 0 saturated carbocycles. The SMILES string of the molecule is Cc1ccc(C2=C(SC(C)C)C(=O)N(C)C2=O)c(C)c1. The molecule has 1 aliphatic rings. The summed E-state index contributed by atoms with van der Waals surface area (Å²) in [6, 6.07) is 5.95. The molecule has 1 heterocycles.